The van der Waals surface area contributed by atoms with E-state index in [2.05, 4.69) is 40.0 Å². The van der Waals surface area contributed by atoms with E-state index in [1.807, 2.05) is 13.0 Å². The van der Waals surface area contributed by atoms with Crippen molar-refractivity contribution in [3.63, 3.8) is 0 Å². The molecule has 0 aromatic heterocycles. The first-order chi connectivity index (χ1) is 7.69. The average Bonchev–Trinajstić information content (AvgIpc) is 2.29. The summed E-state index contributed by atoms with van der Waals surface area (Å²) in [6, 6.07) is 6.21. The fraction of sp³-hybridized carbons (Fsp3) is 0.500. The van der Waals surface area contributed by atoms with E-state index in [0.29, 0.717) is 5.88 Å². The number of rotatable bonds is 6. The van der Waals surface area contributed by atoms with Gasteiger partial charge < -0.3 is 9.64 Å². The fourth-order valence-corrected chi connectivity index (χ4v) is 2.26. The Balaban J connectivity index is 2.62. The summed E-state index contributed by atoms with van der Waals surface area (Å²) in [5.74, 6) is 0.531. The van der Waals surface area contributed by atoms with Crippen molar-refractivity contribution in [2.24, 2.45) is 0 Å². The van der Waals surface area contributed by atoms with Gasteiger partial charge in [0.1, 0.15) is 0 Å². The van der Waals surface area contributed by atoms with Crippen molar-refractivity contribution in [1.29, 1.82) is 0 Å². The van der Waals surface area contributed by atoms with E-state index >= 15 is 0 Å². The first kappa shape index (κ1) is 13.8. The minimum Gasteiger partial charge on any atom is -0.380 e. The topological polar surface area (TPSA) is 12.5 Å². The van der Waals surface area contributed by atoms with E-state index in [9.17, 15) is 0 Å². The second-order valence-corrected chi connectivity index (χ2v) is 4.65. The quantitative estimate of drug-likeness (QED) is 0.587. The maximum Gasteiger partial charge on any atom is 0.0641 e. The Labute approximate surface area is 111 Å². The highest BCUT2D eigenvalue weighted by atomic mass is 79.9. The highest BCUT2D eigenvalue weighted by molar-refractivity contribution is 9.10. The molecule has 90 valence electrons. The molecule has 0 spiro atoms. The molecule has 1 aromatic rings. The standard InChI is InChI=1S/C12H17BrClNO/c1-3-16-7-6-15(2)11-5-4-10(9-14)12(13)8-11/h4-5,8H,3,6-7,9H2,1-2H3. The van der Waals surface area contributed by atoms with Crippen LogP contribution in [-0.4, -0.2) is 26.8 Å². The van der Waals surface area contributed by atoms with Crippen LogP contribution in [0, 0.1) is 0 Å². The Bertz CT molecular complexity index is 333. The van der Waals surface area contributed by atoms with Gasteiger partial charge in [-0.2, -0.15) is 0 Å². The summed E-state index contributed by atoms with van der Waals surface area (Å²) in [4.78, 5) is 2.17. The molecular weight excluding hydrogens is 289 g/mol. The van der Waals surface area contributed by atoms with Crippen LogP contribution in [0.25, 0.3) is 0 Å². The molecule has 0 heterocycles. The van der Waals surface area contributed by atoms with Crippen LogP contribution in [0.3, 0.4) is 0 Å². The van der Waals surface area contributed by atoms with Crippen molar-refractivity contribution in [1.82, 2.24) is 0 Å². The lowest BCUT2D eigenvalue weighted by atomic mass is 10.2. The summed E-state index contributed by atoms with van der Waals surface area (Å²) >= 11 is 9.32. The summed E-state index contributed by atoms with van der Waals surface area (Å²) in [6.45, 7) is 4.41. The van der Waals surface area contributed by atoms with Crippen LogP contribution in [-0.2, 0) is 10.6 Å². The minimum atomic E-state index is 0.531. The number of ether oxygens (including phenoxy) is 1. The molecule has 0 atom stereocenters. The lowest BCUT2D eigenvalue weighted by Gasteiger charge is -2.19. The third-order valence-electron chi connectivity index (χ3n) is 2.40. The van der Waals surface area contributed by atoms with Gasteiger partial charge in [0.05, 0.1) is 6.61 Å². The summed E-state index contributed by atoms with van der Waals surface area (Å²) in [5.41, 5.74) is 2.28. The second-order valence-electron chi connectivity index (χ2n) is 3.53. The lowest BCUT2D eigenvalue weighted by molar-refractivity contribution is 0.154. The Morgan fingerprint density at radius 1 is 1.44 bits per heavy atom. The predicted molar refractivity (Wildman–Crippen MR) is 73.5 cm³/mol. The zero-order valence-corrected chi connectivity index (χ0v) is 12.0. The molecule has 1 rings (SSSR count). The van der Waals surface area contributed by atoms with Crippen molar-refractivity contribution in [3.05, 3.63) is 28.2 Å². The van der Waals surface area contributed by atoms with E-state index in [4.69, 9.17) is 16.3 Å². The van der Waals surface area contributed by atoms with Gasteiger partial charge in [-0.3, -0.25) is 0 Å². The number of likely N-dealkylation sites (N-methyl/N-ethyl adjacent to an activating group) is 1. The molecule has 0 bridgehead atoms. The number of anilines is 1. The van der Waals surface area contributed by atoms with E-state index in [-0.39, 0.29) is 0 Å². The molecule has 0 N–H and O–H groups in total. The number of alkyl halides is 1. The largest absolute Gasteiger partial charge is 0.380 e. The first-order valence-corrected chi connectivity index (χ1v) is 6.65. The van der Waals surface area contributed by atoms with Gasteiger partial charge in [-0.15, -0.1) is 11.6 Å². The maximum absolute atomic E-state index is 5.80. The lowest BCUT2D eigenvalue weighted by Crippen LogP contribution is -2.22. The van der Waals surface area contributed by atoms with E-state index in [1.165, 1.54) is 5.69 Å². The molecule has 4 heteroatoms. The molecule has 2 nitrogen and oxygen atoms in total. The number of hydrogen-bond acceptors (Lipinski definition) is 2. The monoisotopic (exact) mass is 305 g/mol. The van der Waals surface area contributed by atoms with Crippen LogP contribution in [0.2, 0.25) is 0 Å². The van der Waals surface area contributed by atoms with Crippen LogP contribution in [0.1, 0.15) is 12.5 Å². The first-order valence-electron chi connectivity index (χ1n) is 5.32. The molecule has 0 radical (unpaired) electrons. The van der Waals surface area contributed by atoms with Crippen molar-refractivity contribution in [2.75, 3.05) is 31.7 Å². The SMILES string of the molecule is CCOCCN(C)c1ccc(CCl)c(Br)c1. The van der Waals surface area contributed by atoms with Gasteiger partial charge in [0.25, 0.3) is 0 Å². The molecule has 1 aromatic carbocycles. The van der Waals surface area contributed by atoms with Crippen LogP contribution >= 0.6 is 27.5 Å². The van der Waals surface area contributed by atoms with E-state index in [0.717, 1.165) is 29.8 Å². The number of nitrogens with zero attached hydrogens (tertiary/aromatic N) is 1. The Morgan fingerprint density at radius 2 is 2.19 bits per heavy atom. The molecule has 0 aliphatic rings. The highest BCUT2D eigenvalue weighted by Gasteiger charge is 2.04. The maximum atomic E-state index is 5.80. The van der Waals surface area contributed by atoms with Gasteiger partial charge in [0.2, 0.25) is 0 Å². The van der Waals surface area contributed by atoms with Crippen LogP contribution in [0.5, 0.6) is 0 Å². The average molecular weight is 307 g/mol. The van der Waals surface area contributed by atoms with E-state index < -0.39 is 0 Å². The third-order valence-corrected chi connectivity index (χ3v) is 3.42. The summed E-state index contributed by atoms with van der Waals surface area (Å²) in [7, 11) is 2.06. The Hall–Kier alpha value is -0.250. The number of benzene rings is 1. The van der Waals surface area contributed by atoms with Gasteiger partial charge in [-0.05, 0) is 24.6 Å². The molecule has 0 amide bonds. The van der Waals surface area contributed by atoms with Gasteiger partial charge in [-0.25, -0.2) is 0 Å². The normalized spacial score (nSPS) is 10.5. The number of hydrogen-bond donors (Lipinski definition) is 0. The molecule has 0 unspecified atom stereocenters. The molecular formula is C12H17BrClNO. The molecule has 0 aliphatic carbocycles. The van der Waals surface area contributed by atoms with Gasteiger partial charge in [-0.1, -0.05) is 22.0 Å². The third kappa shape index (κ3) is 3.96. The van der Waals surface area contributed by atoms with Crippen molar-refractivity contribution in [2.45, 2.75) is 12.8 Å². The smallest absolute Gasteiger partial charge is 0.0641 e. The molecule has 0 saturated heterocycles. The van der Waals surface area contributed by atoms with Crippen molar-refractivity contribution < 1.29 is 4.74 Å². The fourth-order valence-electron chi connectivity index (χ4n) is 1.36. The van der Waals surface area contributed by atoms with E-state index in [1.54, 1.807) is 0 Å². The van der Waals surface area contributed by atoms with Crippen LogP contribution in [0.15, 0.2) is 22.7 Å². The second kappa shape index (κ2) is 7.15. The van der Waals surface area contributed by atoms with Gasteiger partial charge in [0.15, 0.2) is 0 Å². The van der Waals surface area contributed by atoms with Crippen LogP contribution < -0.4 is 4.90 Å². The van der Waals surface area contributed by atoms with Crippen LogP contribution in [0.4, 0.5) is 5.69 Å². The minimum absolute atomic E-state index is 0.531. The predicted octanol–water partition coefficient (Wildman–Crippen LogP) is 3.66. The Kier molecular flexibility index (Phi) is 6.17. The molecule has 16 heavy (non-hydrogen) atoms. The van der Waals surface area contributed by atoms with Crippen molar-refractivity contribution >= 4 is 33.2 Å². The molecule has 0 fully saturated rings. The summed E-state index contributed by atoms with van der Waals surface area (Å²) < 4.78 is 6.38. The van der Waals surface area contributed by atoms with Gasteiger partial charge >= 0.3 is 0 Å². The molecule has 0 aliphatic heterocycles. The molecule has 0 saturated carbocycles. The van der Waals surface area contributed by atoms with Crippen molar-refractivity contribution in [3.8, 4) is 0 Å². The summed E-state index contributed by atoms with van der Waals surface area (Å²) in [6.07, 6.45) is 0. The Morgan fingerprint density at radius 3 is 2.75 bits per heavy atom. The summed E-state index contributed by atoms with van der Waals surface area (Å²) in [5, 5.41) is 0. The zero-order valence-electron chi connectivity index (χ0n) is 9.67. The zero-order chi connectivity index (χ0) is 12.0. The highest BCUT2D eigenvalue weighted by Crippen LogP contribution is 2.24. The number of halogens is 2. The van der Waals surface area contributed by atoms with Gasteiger partial charge in [0, 0.05) is 36.2 Å².